The maximum absolute atomic E-state index is 12.2. The van der Waals surface area contributed by atoms with Crippen LogP contribution >= 0.6 is 0 Å². The van der Waals surface area contributed by atoms with Crippen LogP contribution in [0.15, 0.2) is 24.3 Å². The molecule has 21 heavy (non-hydrogen) atoms. The van der Waals surface area contributed by atoms with Gasteiger partial charge in [-0.05, 0) is 24.6 Å². The average Bonchev–Trinajstić information content (AvgIpc) is 2.46. The molecule has 2 rings (SSSR count). The van der Waals surface area contributed by atoms with Crippen molar-refractivity contribution >= 4 is 17.6 Å². The molecule has 1 unspecified atom stereocenters. The summed E-state index contributed by atoms with van der Waals surface area (Å²) in [6.07, 6.45) is 0.333. The van der Waals surface area contributed by atoms with E-state index in [1.807, 2.05) is 17.0 Å². The molecule has 0 aliphatic carbocycles. The zero-order valence-electron chi connectivity index (χ0n) is 12.2. The molecule has 0 aromatic heterocycles. The summed E-state index contributed by atoms with van der Waals surface area (Å²) >= 11 is 0. The van der Waals surface area contributed by atoms with Gasteiger partial charge in [0.2, 0.25) is 5.91 Å². The molecule has 1 heterocycles. The van der Waals surface area contributed by atoms with Gasteiger partial charge < -0.3 is 15.7 Å². The zero-order chi connectivity index (χ0) is 15.4. The van der Waals surface area contributed by atoms with E-state index in [0.717, 1.165) is 5.56 Å². The van der Waals surface area contributed by atoms with Gasteiger partial charge in [-0.3, -0.25) is 14.5 Å². The molecule has 0 saturated carbocycles. The summed E-state index contributed by atoms with van der Waals surface area (Å²) in [4.78, 5) is 26.9. The van der Waals surface area contributed by atoms with Crippen LogP contribution in [0.4, 0.5) is 5.69 Å². The Balaban J connectivity index is 1.87. The van der Waals surface area contributed by atoms with Gasteiger partial charge in [-0.1, -0.05) is 12.1 Å². The minimum atomic E-state index is -0.825. The number of hydrogen-bond acceptors (Lipinski definition) is 4. The SMILES string of the molecule is CC(C(=O)O)N1CCN(C(=O)Cc2cccc(N)c2)CC1. The number of carbonyl (C=O) groups excluding carboxylic acids is 1. The van der Waals surface area contributed by atoms with Crippen LogP contribution in [0, 0.1) is 0 Å². The Labute approximate surface area is 124 Å². The molecule has 1 saturated heterocycles. The summed E-state index contributed by atoms with van der Waals surface area (Å²) in [6.45, 7) is 4.00. The molecule has 0 spiro atoms. The minimum Gasteiger partial charge on any atom is -0.480 e. The van der Waals surface area contributed by atoms with E-state index < -0.39 is 12.0 Å². The molecular weight excluding hydrogens is 270 g/mol. The lowest BCUT2D eigenvalue weighted by Gasteiger charge is -2.36. The van der Waals surface area contributed by atoms with Crippen LogP contribution in [-0.2, 0) is 16.0 Å². The van der Waals surface area contributed by atoms with Crippen molar-refractivity contribution in [2.24, 2.45) is 0 Å². The molecule has 1 aromatic carbocycles. The largest absolute Gasteiger partial charge is 0.480 e. The fourth-order valence-electron chi connectivity index (χ4n) is 2.50. The van der Waals surface area contributed by atoms with Crippen LogP contribution < -0.4 is 5.73 Å². The molecule has 6 nitrogen and oxygen atoms in total. The number of hydrogen-bond donors (Lipinski definition) is 2. The number of piperazine rings is 1. The summed E-state index contributed by atoms with van der Waals surface area (Å²) < 4.78 is 0. The quantitative estimate of drug-likeness (QED) is 0.786. The van der Waals surface area contributed by atoms with Crippen LogP contribution in [0.2, 0.25) is 0 Å². The number of carboxylic acids is 1. The van der Waals surface area contributed by atoms with Gasteiger partial charge in [0, 0.05) is 31.9 Å². The van der Waals surface area contributed by atoms with E-state index in [1.54, 1.807) is 24.0 Å². The third-order valence-corrected chi connectivity index (χ3v) is 3.88. The fraction of sp³-hybridized carbons (Fsp3) is 0.467. The summed E-state index contributed by atoms with van der Waals surface area (Å²) in [6, 6.07) is 6.82. The number of rotatable bonds is 4. The van der Waals surface area contributed by atoms with Gasteiger partial charge in [0.1, 0.15) is 6.04 Å². The van der Waals surface area contributed by atoms with Gasteiger partial charge in [0.05, 0.1) is 6.42 Å². The molecule has 0 bridgehead atoms. The van der Waals surface area contributed by atoms with Crippen molar-refractivity contribution in [2.45, 2.75) is 19.4 Å². The van der Waals surface area contributed by atoms with Crippen LogP contribution in [0.3, 0.4) is 0 Å². The first-order chi connectivity index (χ1) is 9.97. The Morgan fingerprint density at radius 2 is 1.95 bits per heavy atom. The Morgan fingerprint density at radius 3 is 2.52 bits per heavy atom. The molecular formula is C15H21N3O3. The van der Waals surface area contributed by atoms with Gasteiger partial charge >= 0.3 is 5.97 Å². The Morgan fingerprint density at radius 1 is 1.29 bits per heavy atom. The van der Waals surface area contributed by atoms with Crippen molar-refractivity contribution in [1.29, 1.82) is 0 Å². The molecule has 1 atom stereocenters. The molecule has 6 heteroatoms. The van der Waals surface area contributed by atoms with Crippen LogP contribution in [0.1, 0.15) is 12.5 Å². The predicted octanol–water partition coefficient (Wildman–Crippen LogP) is 0.429. The molecule has 1 aliphatic rings. The summed E-state index contributed by atoms with van der Waals surface area (Å²) in [7, 11) is 0. The van der Waals surface area contributed by atoms with Crippen LogP contribution in [-0.4, -0.2) is 59.0 Å². The number of nitrogens with two attached hydrogens (primary N) is 1. The normalized spacial score (nSPS) is 17.5. The Bertz CT molecular complexity index is 525. The second kappa shape index (κ2) is 6.58. The highest BCUT2D eigenvalue weighted by Gasteiger charge is 2.26. The smallest absolute Gasteiger partial charge is 0.320 e. The number of anilines is 1. The number of carboxylic acid groups (broad SMARTS) is 1. The molecule has 0 radical (unpaired) electrons. The zero-order valence-corrected chi connectivity index (χ0v) is 12.2. The van der Waals surface area contributed by atoms with Gasteiger partial charge in [-0.25, -0.2) is 0 Å². The second-order valence-corrected chi connectivity index (χ2v) is 5.35. The first-order valence-electron chi connectivity index (χ1n) is 7.06. The van der Waals surface area contributed by atoms with Crippen LogP contribution in [0.5, 0.6) is 0 Å². The van der Waals surface area contributed by atoms with E-state index in [2.05, 4.69) is 0 Å². The van der Waals surface area contributed by atoms with E-state index in [1.165, 1.54) is 0 Å². The van der Waals surface area contributed by atoms with Crippen molar-refractivity contribution in [3.63, 3.8) is 0 Å². The highest BCUT2D eigenvalue weighted by atomic mass is 16.4. The topological polar surface area (TPSA) is 86.9 Å². The highest BCUT2D eigenvalue weighted by Crippen LogP contribution is 2.11. The maximum atomic E-state index is 12.2. The average molecular weight is 291 g/mol. The second-order valence-electron chi connectivity index (χ2n) is 5.35. The lowest BCUT2D eigenvalue weighted by atomic mass is 10.1. The van der Waals surface area contributed by atoms with Gasteiger partial charge in [0.15, 0.2) is 0 Å². The standard InChI is InChI=1S/C15H21N3O3/c1-11(15(20)21)17-5-7-18(8-6-17)14(19)10-12-3-2-4-13(16)9-12/h2-4,9,11H,5-8,10,16H2,1H3,(H,20,21). The first-order valence-corrected chi connectivity index (χ1v) is 7.06. The van der Waals surface area contributed by atoms with Crippen molar-refractivity contribution in [3.05, 3.63) is 29.8 Å². The van der Waals surface area contributed by atoms with Gasteiger partial charge in [0.25, 0.3) is 0 Å². The number of carbonyl (C=O) groups is 2. The van der Waals surface area contributed by atoms with Gasteiger partial charge in [-0.2, -0.15) is 0 Å². The van der Waals surface area contributed by atoms with Crippen LogP contribution in [0.25, 0.3) is 0 Å². The molecule has 1 aromatic rings. The van der Waals surface area contributed by atoms with E-state index in [4.69, 9.17) is 10.8 Å². The van der Waals surface area contributed by atoms with E-state index in [-0.39, 0.29) is 5.91 Å². The van der Waals surface area contributed by atoms with Crippen molar-refractivity contribution in [1.82, 2.24) is 9.80 Å². The molecule has 114 valence electrons. The first kappa shape index (κ1) is 15.3. The van der Waals surface area contributed by atoms with E-state index in [0.29, 0.717) is 38.3 Å². The number of benzene rings is 1. The highest BCUT2D eigenvalue weighted by molar-refractivity contribution is 5.79. The summed E-state index contributed by atoms with van der Waals surface area (Å²) in [5, 5.41) is 9.00. The van der Waals surface area contributed by atoms with Crippen molar-refractivity contribution in [3.8, 4) is 0 Å². The molecule has 3 N–H and O–H groups in total. The molecule has 1 fully saturated rings. The third kappa shape index (κ3) is 3.95. The number of aliphatic carboxylic acids is 1. The summed E-state index contributed by atoms with van der Waals surface area (Å²) in [5.74, 6) is -0.766. The Hall–Kier alpha value is -2.08. The number of nitrogens with zero attached hydrogens (tertiary/aromatic N) is 2. The van der Waals surface area contributed by atoms with E-state index >= 15 is 0 Å². The van der Waals surface area contributed by atoms with Gasteiger partial charge in [-0.15, -0.1) is 0 Å². The molecule has 1 amide bonds. The monoisotopic (exact) mass is 291 g/mol. The number of amides is 1. The lowest BCUT2D eigenvalue weighted by Crippen LogP contribution is -2.53. The van der Waals surface area contributed by atoms with Crippen molar-refractivity contribution < 1.29 is 14.7 Å². The lowest BCUT2D eigenvalue weighted by molar-refractivity contribution is -0.144. The predicted molar refractivity (Wildman–Crippen MR) is 79.8 cm³/mol. The maximum Gasteiger partial charge on any atom is 0.320 e. The van der Waals surface area contributed by atoms with E-state index in [9.17, 15) is 9.59 Å². The Kier molecular flexibility index (Phi) is 4.80. The summed E-state index contributed by atoms with van der Waals surface area (Å²) in [5.41, 5.74) is 7.26. The fourth-order valence-corrected chi connectivity index (χ4v) is 2.50. The molecule has 1 aliphatic heterocycles. The number of nitrogen functional groups attached to an aromatic ring is 1. The third-order valence-electron chi connectivity index (χ3n) is 3.88. The van der Waals surface area contributed by atoms with Crippen molar-refractivity contribution in [2.75, 3.05) is 31.9 Å². The minimum absolute atomic E-state index is 0.0585.